The summed E-state index contributed by atoms with van der Waals surface area (Å²) in [4.78, 5) is 12.0. The molecule has 0 aliphatic rings. The molecule has 0 saturated carbocycles. The first kappa shape index (κ1) is 16.0. The summed E-state index contributed by atoms with van der Waals surface area (Å²) >= 11 is 5.68. The zero-order chi connectivity index (χ0) is 17.1. The van der Waals surface area contributed by atoms with Crippen molar-refractivity contribution in [2.24, 2.45) is 0 Å². The van der Waals surface area contributed by atoms with E-state index in [-0.39, 0.29) is 17.4 Å². The monoisotopic (exact) mass is 350 g/mol. The van der Waals surface area contributed by atoms with Crippen molar-refractivity contribution in [1.82, 2.24) is 14.9 Å². The molecule has 0 bridgehead atoms. The lowest BCUT2D eigenvalue weighted by atomic mass is 10.3. The van der Waals surface area contributed by atoms with E-state index in [1.54, 1.807) is 19.2 Å². The van der Waals surface area contributed by atoms with Gasteiger partial charge < -0.3 is 14.6 Å². The van der Waals surface area contributed by atoms with Gasteiger partial charge in [0.2, 0.25) is 0 Å². The van der Waals surface area contributed by atoms with Gasteiger partial charge in [0, 0.05) is 18.3 Å². The second-order valence-electron chi connectivity index (χ2n) is 4.87. The molecule has 0 aliphatic heterocycles. The van der Waals surface area contributed by atoms with Crippen LogP contribution in [0.15, 0.2) is 41.1 Å². The third-order valence-electron chi connectivity index (χ3n) is 3.00. The van der Waals surface area contributed by atoms with Gasteiger partial charge in [-0.3, -0.25) is 4.79 Å². The summed E-state index contributed by atoms with van der Waals surface area (Å²) in [5.74, 6) is 0.337. The minimum absolute atomic E-state index is 0.0315. The molecular formula is C15H12ClFN4O3. The summed E-state index contributed by atoms with van der Waals surface area (Å²) in [6.45, 7) is 1.76. The van der Waals surface area contributed by atoms with Gasteiger partial charge in [0.1, 0.15) is 17.3 Å². The molecule has 124 valence electrons. The van der Waals surface area contributed by atoms with Crippen molar-refractivity contribution in [3.8, 4) is 5.75 Å². The minimum atomic E-state index is -0.523. The van der Waals surface area contributed by atoms with E-state index >= 15 is 0 Å². The number of carbonyl (C=O) groups excluding carboxylic acids is 1. The summed E-state index contributed by atoms with van der Waals surface area (Å²) in [5.41, 5.74) is 0.191. The first-order valence-corrected chi connectivity index (χ1v) is 7.25. The molecule has 0 unspecified atom stereocenters. The highest BCUT2D eigenvalue weighted by molar-refractivity contribution is 6.30. The van der Waals surface area contributed by atoms with E-state index in [9.17, 15) is 9.18 Å². The topological polar surface area (TPSA) is 82.2 Å². The average molecular weight is 351 g/mol. The van der Waals surface area contributed by atoms with Crippen molar-refractivity contribution in [3.05, 3.63) is 58.8 Å². The van der Waals surface area contributed by atoms with Gasteiger partial charge in [0.05, 0.1) is 5.02 Å². The first-order chi connectivity index (χ1) is 11.5. The molecular weight excluding hydrogens is 339 g/mol. The Hall–Kier alpha value is -2.87. The molecule has 2 heterocycles. The van der Waals surface area contributed by atoms with Crippen LogP contribution in [0.5, 0.6) is 5.75 Å². The molecule has 2 aromatic heterocycles. The Morgan fingerprint density at radius 2 is 2.25 bits per heavy atom. The van der Waals surface area contributed by atoms with Crippen molar-refractivity contribution < 1.29 is 18.4 Å². The number of benzene rings is 1. The van der Waals surface area contributed by atoms with Crippen molar-refractivity contribution in [2.75, 3.05) is 5.32 Å². The summed E-state index contributed by atoms with van der Waals surface area (Å²) in [6.07, 6.45) is 1.58. The van der Waals surface area contributed by atoms with Gasteiger partial charge in [-0.05, 0) is 25.1 Å². The maximum Gasteiger partial charge on any atom is 0.277 e. The van der Waals surface area contributed by atoms with E-state index in [0.717, 1.165) is 0 Å². The van der Waals surface area contributed by atoms with Crippen LogP contribution in [0.4, 0.5) is 10.2 Å². The Morgan fingerprint density at radius 1 is 1.42 bits per heavy atom. The van der Waals surface area contributed by atoms with E-state index < -0.39 is 11.7 Å². The number of ether oxygens (including phenoxy) is 1. The second kappa shape index (κ2) is 6.71. The van der Waals surface area contributed by atoms with Gasteiger partial charge in [-0.15, -0.1) is 0 Å². The normalized spacial score (nSPS) is 10.6. The number of hydrogen-bond donors (Lipinski definition) is 1. The zero-order valence-electron chi connectivity index (χ0n) is 12.5. The molecule has 0 fully saturated rings. The summed E-state index contributed by atoms with van der Waals surface area (Å²) in [6, 6.07) is 7.14. The molecule has 1 aromatic carbocycles. The van der Waals surface area contributed by atoms with E-state index in [4.69, 9.17) is 20.9 Å². The Morgan fingerprint density at radius 3 is 2.96 bits per heavy atom. The maximum atomic E-state index is 13.1. The molecule has 0 aliphatic carbocycles. The van der Waals surface area contributed by atoms with Crippen molar-refractivity contribution in [2.45, 2.75) is 13.7 Å². The van der Waals surface area contributed by atoms with Crippen molar-refractivity contribution in [1.29, 1.82) is 0 Å². The molecule has 0 saturated heterocycles. The second-order valence-corrected chi connectivity index (χ2v) is 5.27. The summed E-state index contributed by atoms with van der Waals surface area (Å²) < 4.78 is 24.8. The fourth-order valence-corrected chi connectivity index (χ4v) is 2.04. The van der Waals surface area contributed by atoms with Crippen molar-refractivity contribution >= 4 is 23.3 Å². The van der Waals surface area contributed by atoms with E-state index in [1.807, 2.05) is 0 Å². The van der Waals surface area contributed by atoms with Crippen LogP contribution in [0, 0.1) is 12.7 Å². The highest BCUT2D eigenvalue weighted by atomic mass is 35.5. The summed E-state index contributed by atoms with van der Waals surface area (Å²) in [5, 5.41) is 10.3. The summed E-state index contributed by atoms with van der Waals surface area (Å²) in [7, 11) is 0. The Kier molecular flexibility index (Phi) is 4.48. The molecule has 0 radical (unpaired) electrons. The number of halogens is 2. The van der Waals surface area contributed by atoms with Crippen LogP contribution >= 0.6 is 11.6 Å². The van der Waals surface area contributed by atoms with Gasteiger partial charge >= 0.3 is 0 Å². The highest BCUT2D eigenvalue weighted by Gasteiger charge is 2.12. The molecule has 9 heteroatoms. The van der Waals surface area contributed by atoms with Crippen LogP contribution in [-0.4, -0.2) is 20.8 Å². The quantitative estimate of drug-likeness (QED) is 0.763. The average Bonchev–Trinajstić information content (AvgIpc) is 3.18. The standard InChI is InChI=1S/C15H12ClFN4O3/c1-9-6-14(20-24-9)18-15(22)13-4-5-21(19-13)8-23-10-2-3-12(17)11(16)7-10/h2-7H,8H2,1H3,(H,18,20,22). The number of carbonyl (C=O) groups is 1. The predicted octanol–water partition coefficient (Wildman–Crippen LogP) is 3.26. The van der Waals surface area contributed by atoms with Crippen molar-refractivity contribution in [3.63, 3.8) is 0 Å². The van der Waals surface area contributed by atoms with Crippen LogP contribution in [0.2, 0.25) is 5.02 Å². The fourth-order valence-electron chi connectivity index (χ4n) is 1.87. The van der Waals surface area contributed by atoms with Crippen LogP contribution in [0.25, 0.3) is 0 Å². The third-order valence-corrected chi connectivity index (χ3v) is 3.29. The Balaban J connectivity index is 1.60. The van der Waals surface area contributed by atoms with E-state index in [2.05, 4.69) is 15.6 Å². The molecule has 7 nitrogen and oxygen atoms in total. The molecule has 24 heavy (non-hydrogen) atoms. The van der Waals surface area contributed by atoms with Crippen LogP contribution in [-0.2, 0) is 6.73 Å². The SMILES string of the molecule is Cc1cc(NC(=O)c2ccn(COc3ccc(F)c(Cl)c3)n2)no1. The lowest BCUT2D eigenvalue weighted by molar-refractivity contribution is 0.101. The third kappa shape index (κ3) is 3.72. The van der Waals surface area contributed by atoms with Gasteiger partial charge in [0.25, 0.3) is 5.91 Å². The number of aromatic nitrogens is 3. The van der Waals surface area contributed by atoms with Gasteiger partial charge in [-0.2, -0.15) is 5.10 Å². The molecule has 0 spiro atoms. The van der Waals surface area contributed by atoms with Crippen LogP contribution in [0.3, 0.4) is 0 Å². The number of nitrogens with one attached hydrogen (secondary N) is 1. The smallest absolute Gasteiger partial charge is 0.277 e. The predicted molar refractivity (Wildman–Crippen MR) is 83.5 cm³/mol. The Bertz CT molecular complexity index is 877. The number of anilines is 1. The number of nitrogens with zero attached hydrogens (tertiary/aromatic N) is 3. The molecule has 3 rings (SSSR count). The van der Waals surface area contributed by atoms with Crippen LogP contribution < -0.4 is 10.1 Å². The van der Waals surface area contributed by atoms with Gasteiger partial charge in [-0.25, -0.2) is 9.07 Å². The number of amides is 1. The Labute approximate surface area is 141 Å². The van der Waals surface area contributed by atoms with Gasteiger partial charge in [-0.1, -0.05) is 16.8 Å². The largest absolute Gasteiger partial charge is 0.471 e. The maximum absolute atomic E-state index is 13.1. The number of hydrogen-bond acceptors (Lipinski definition) is 5. The highest BCUT2D eigenvalue weighted by Crippen LogP contribution is 2.21. The van der Waals surface area contributed by atoms with E-state index in [1.165, 1.54) is 28.9 Å². The molecule has 1 amide bonds. The molecule has 3 aromatic rings. The zero-order valence-corrected chi connectivity index (χ0v) is 13.2. The lowest BCUT2D eigenvalue weighted by Gasteiger charge is -2.06. The van der Waals surface area contributed by atoms with E-state index in [0.29, 0.717) is 17.3 Å². The van der Waals surface area contributed by atoms with Crippen LogP contribution in [0.1, 0.15) is 16.2 Å². The number of rotatable bonds is 5. The molecule has 0 atom stereocenters. The minimum Gasteiger partial charge on any atom is -0.471 e. The lowest BCUT2D eigenvalue weighted by Crippen LogP contribution is -2.14. The number of aryl methyl sites for hydroxylation is 1. The van der Waals surface area contributed by atoms with Gasteiger partial charge in [0.15, 0.2) is 18.2 Å². The fraction of sp³-hybridized carbons (Fsp3) is 0.133. The first-order valence-electron chi connectivity index (χ1n) is 6.87. The molecule has 1 N–H and O–H groups in total.